The molecule has 116 valence electrons. The van der Waals surface area contributed by atoms with Crippen LogP contribution >= 0.6 is 0 Å². The molecule has 3 aliphatic carbocycles. The maximum absolute atomic E-state index is 12.7. The van der Waals surface area contributed by atoms with Crippen LogP contribution in [-0.2, 0) is 9.59 Å². The van der Waals surface area contributed by atoms with Gasteiger partial charge in [-0.15, -0.1) is 0 Å². The topological polar surface area (TPSA) is 57.6 Å². The van der Waals surface area contributed by atoms with E-state index in [2.05, 4.69) is 0 Å². The predicted octanol–water partition coefficient (Wildman–Crippen LogP) is 1.82. The van der Waals surface area contributed by atoms with Crippen LogP contribution in [0.5, 0.6) is 0 Å². The van der Waals surface area contributed by atoms with Crippen LogP contribution in [0.3, 0.4) is 0 Å². The van der Waals surface area contributed by atoms with Crippen LogP contribution in [0.1, 0.15) is 44.9 Å². The second-order valence-electron chi connectivity index (χ2n) is 7.66. The van der Waals surface area contributed by atoms with Crippen molar-refractivity contribution < 1.29 is 14.7 Å². The fraction of sp³-hybridized carbons (Fsp3) is 0.882. The lowest BCUT2D eigenvalue weighted by atomic mass is 9.79. The van der Waals surface area contributed by atoms with Crippen molar-refractivity contribution in [2.45, 2.75) is 44.9 Å². The van der Waals surface area contributed by atoms with Gasteiger partial charge in [0.2, 0.25) is 11.8 Å². The van der Waals surface area contributed by atoms with Gasteiger partial charge in [0.05, 0.1) is 11.8 Å². The third-order valence-corrected chi connectivity index (χ3v) is 6.74. The molecule has 4 nitrogen and oxygen atoms in total. The molecule has 2 bridgehead atoms. The Morgan fingerprint density at radius 2 is 1.48 bits per heavy atom. The lowest BCUT2D eigenvalue weighted by Gasteiger charge is -2.33. The molecule has 4 aliphatic rings. The number of aliphatic hydroxyl groups excluding tert-OH is 1. The zero-order chi connectivity index (χ0) is 14.6. The summed E-state index contributed by atoms with van der Waals surface area (Å²) >= 11 is 0. The number of likely N-dealkylation sites (tertiary alicyclic amines) is 1. The molecule has 1 aliphatic heterocycles. The molecule has 0 aromatic heterocycles. The number of carbonyl (C=O) groups excluding carboxylic acids is 2. The Hall–Kier alpha value is -0.900. The molecular weight excluding hydrogens is 266 g/mol. The standard InChI is InChI=1S/C17H25NO3/c19-9-13-4-2-1-3-12(13)8-18-16(20)14-10-5-6-11(7-10)15(14)17(18)21/h10-15,19H,1-9H2/t10-,11?,12?,13+,14-,15+/m1/s1. The van der Waals surface area contributed by atoms with E-state index in [1.165, 1.54) is 6.42 Å². The van der Waals surface area contributed by atoms with Crippen LogP contribution in [0.15, 0.2) is 0 Å². The van der Waals surface area contributed by atoms with E-state index in [1.54, 1.807) is 4.90 Å². The highest BCUT2D eigenvalue weighted by Crippen LogP contribution is 2.56. The first-order valence-electron chi connectivity index (χ1n) is 8.66. The van der Waals surface area contributed by atoms with Gasteiger partial charge in [-0.1, -0.05) is 12.8 Å². The number of rotatable bonds is 3. The van der Waals surface area contributed by atoms with E-state index in [0.717, 1.165) is 38.5 Å². The van der Waals surface area contributed by atoms with Crippen LogP contribution in [-0.4, -0.2) is 35.0 Å². The molecule has 2 unspecified atom stereocenters. The number of aliphatic hydroxyl groups is 1. The summed E-state index contributed by atoms with van der Waals surface area (Å²) in [6.45, 7) is 0.758. The number of imide groups is 1. The van der Waals surface area contributed by atoms with Crippen molar-refractivity contribution in [2.24, 2.45) is 35.5 Å². The normalized spacial score (nSPS) is 45.5. The van der Waals surface area contributed by atoms with E-state index in [4.69, 9.17) is 0 Å². The minimum absolute atomic E-state index is 0.00687. The van der Waals surface area contributed by atoms with Gasteiger partial charge in [-0.25, -0.2) is 0 Å². The van der Waals surface area contributed by atoms with Gasteiger partial charge < -0.3 is 5.11 Å². The van der Waals surface area contributed by atoms with Gasteiger partial charge in [-0.05, 0) is 55.8 Å². The monoisotopic (exact) mass is 291 g/mol. The molecule has 0 radical (unpaired) electrons. The number of carbonyl (C=O) groups is 2. The lowest BCUT2D eigenvalue weighted by Crippen LogP contribution is -2.40. The molecule has 0 aromatic carbocycles. The van der Waals surface area contributed by atoms with Crippen molar-refractivity contribution in [3.05, 3.63) is 0 Å². The second kappa shape index (κ2) is 5.08. The molecule has 1 N–H and O–H groups in total. The number of fused-ring (bicyclic) bond motifs is 5. The molecule has 1 saturated heterocycles. The number of hydrogen-bond donors (Lipinski definition) is 1. The summed E-state index contributed by atoms with van der Waals surface area (Å²) in [5, 5.41) is 9.53. The molecule has 4 fully saturated rings. The zero-order valence-electron chi connectivity index (χ0n) is 12.5. The van der Waals surface area contributed by atoms with Gasteiger partial charge in [0.15, 0.2) is 0 Å². The first kappa shape index (κ1) is 13.7. The van der Waals surface area contributed by atoms with Crippen molar-refractivity contribution in [3.63, 3.8) is 0 Å². The molecule has 1 heterocycles. The Kier molecular flexibility index (Phi) is 3.32. The molecule has 4 rings (SSSR count). The fourth-order valence-corrected chi connectivity index (χ4v) is 5.65. The Balaban J connectivity index is 1.51. The van der Waals surface area contributed by atoms with Crippen molar-refractivity contribution in [1.29, 1.82) is 0 Å². The van der Waals surface area contributed by atoms with Gasteiger partial charge in [0.1, 0.15) is 0 Å². The highest BCUT2D eigenvalue weighted by atomic mass is 16.3. The SMILES string of the molecule is O=C1[C@@H]2[C@@H]3CCC(C3)[C@@H]2C(=O)N1CC1CCCC[C@H]1CO. The van der Waals surface area contributed by atoms with E-state index in [-0.39, 0.29) is 36.2 Å². The third-order valence-electron chi connectivity index (χ3n) is 6.74. The molecule has 6 atom stereocenters. The van der Waals surface area contributed by atoms with E-state index in [9.17, 15) is 14.7 Å². The van der Waals surface area contributed by atoms with E-state index >= 15 is 0 Å². The molecule has 21 heavy (non-hydrogen) atoms. The van der Waals surface area contributed by atoms with Crippen LogP contribution in [0.2, 0.25) is 0 Å². The smallest absolute Gasteiger partial charge is 0.233 e. The Bertz CT molecular complexity index is 435. The first-order chi connectivity index (χ1) is 10.2. The summed E-state index contributed by atoms with van der Waals surface area (Å²) < 4.78 is 0. The van der Waals surface area contributed by atoms with E-state index in [1.807, 2.05) is 0 Å². The summed E-state index contributed by atoms with van der Waals surface area (Å²) in [5.41, 5.74) is 0. The summed E-state index contributed by atoms with van der Waals surface area (Å²) in [6.07, 6.45) is 7.79. The molecule has 0 aromatic rings. The van der Waals surface area contributed by atoms with E-state index in [0.29, 0.717) is 24.3 Å². The number of nitrogens with zero attached hydrogens (tertiary/aromatic N) is 1. The van der Waals surface area contributed by atoms with Gasteiger partial charge in [0.25, 0.3) is 0 Å². The van der Waals surface area contributed by atoms with Gasteiger partial charge in [0, 0.05) is 13.2 Å². The van der Waals surface area contributed by atoms with Gasteiger partial charge in [-0.2, -0.15) is 0 Å². The molecular formula is C17H25NO3. The second-order valence-corrected chi connectivity index (χ2v) is 7.66. The average Bonchev–Trinajstić information content (AvgIpc) is 3.17. The van der Waals surface area contributed by atoms with Gasteiger partial charge in [-0.3, -0.25) is 14.5 Å². The fourth-order valence-electron chi connectivity index (χ4n) is 5.65. The van der Waals surface area contributed by atoms with Crippen LogP contribution in [0, 0.1) is 35.5 Å². The third kappa shape index (κ3) is 1.98. The number of amides is 2. The first-order valence-corrected chi connectivity index (χ1v) is 8.66. The zero-order valence-corrected chi connectivity index (χ0v) is 12.5. The van der Waals surface area contributed by atoms with Gasteiger partial charge >= 0.3 is 0 Å². The maximum atomic E-state index is 12.7. The summed E-state index contributed by atoms with van der Waals surface area (Å²) in [7, 11) is 0. The predicted molar refractivity (Wildman–Crippen MR) is 77.1 cm³/mol. The van der Waals surface area contributed by atoms with Crippen LogP contribution in [0.4, 0.5) is 0 Å². The van der Waals surface area contributed by atoms with Crippen LogP contribution < -0.4 is 0 Å². The quantitative estimate of drug-likeness (QED) is 0.807. The highest BCUT2D eigenvalue weighted by molar-refractivity contribution is 6.06. The Morgan fingerprint density at radius 1 is 0.905 bits per heavy atom. The highest BCUT2D eigenvalue weighted by Gasteiger charge is 2.60. The summed E-state index contributed by atoms with van der Waals surface area (Å²) in [4.78, 5) is 27.0. The van der Waals surface area contributed by atoms with Crippen molar-refractivity contribution in [3.8, 4) is 0 Å². The summed E-state index contributed by atoms with van der Waals surface area (Å²) in [6, 6.07) is 0. The largest absolute Gasteiger partial charge is 0.396 e. The molecule has 4 heteroatoms. The van der Waals surface area contributed by atoms with E-state index < -0.39 is 0 Å². The Morgan fingerprint density at radius 3 is 2.05 bits per heavy atom. The molecule has 2 amide bonds. The van der Waals surface area contributed by atoms with Crippen molar-refractivity contribution >= 4 is 11.8 Å². The average molecular weight is 291 g/mol. The minimum atomic E-state index is 0.00687. The lowest BCUT2D eigenvalue weighted by molar-refractivity contribution is -0.142. The summed E-state index contributed by atoms with van der Waals surface area (Å²) in [5.74, 6) is 1.77. The molecule has 0 spiro atoms. The van der Waals surface area contributed by atoms with Crippen molar-refractivity contribution in [1.82, 2.24) is 4.90 Å². The number of hydrogen-bond acceptors (Lipinski definition) is 3. The Labute approximate surface area is 125 Å². The minimum Gasteiger partial charge on any atom is -0.396 e. The maximum Gasteiger partial charge on any atom is 0.233 e. The van der Waals surface area contributed by atoms with Crippen molar-refractivity contribution in [2.75, 3.05) is 13.2 Å². The van der Waals surface area contributed by atoms with Crippen LogP contribution in [0.25, 0.3) is 0 Å². The molecule has 3 saturated carbocycles.